The third-order valence-corrected chi connectivity index (χ3v) is 2.90. The molecule has 1 unspecified atom stereocenters. The molecule has 0 aliphatic carbocycles. The van der Waals surface area contributed by atoms with Gasteiger partial charge in [-0.25, -0.2) is 4.68 Å². The van der Waals surface area contributed by atoms with E-state index in [9.17, 15) is 18.0 Å². The van der Waals surface area contributed by atoms with Crippen molar-refractivity contribution in [3.63, 3.8) is 0 Å². The van der Waals surface area contributed by atoms with Crippen LogP contribution in [-0.2, 0) is 11.3 Å². The van der Waals surface area contributed by atoms with Gasteiger partial charge in [-0.2, -0.15) is 18.3 Å². The van der Waals surface area contributed by atoms with E-state index in [2.05, 4.69) is 26.3 Å². The Morgan fingerprint density at radius 1 is 1.58 bits per heavy atom. The van der Waals surface area contributed by atoms with E-state index in [1.54, 1.807) is 6.92 Å². The van der Waals surface area contributed by atoms with E-state index in [0.717, 1.165) is 0 Å². The highest BCUT2D eigenvalue weighted by molar-refractivity contribution is 9.10. The Kier molecular flexibility index (Phi) is 5.36. The summed E-state index contributed by atoms with van der Waals surface area (Å²) in [7, 11) is 1.52. The number of hydrogen-bond acceptors (Lipinski definition) is 4. The van der Waals surface area contributed by atoms with Crippen molar-refractivity contribution in [1.82, 2.24) is 9.78 Å². The number of ether oxygens (including phenoxy) is 1. The normalized spacial score (nSPS) is 13.4. The molecule has 0 aromatic carbocycles. The molecular weight excluding hydrogens is 331 g/mol. The summed E-state index contributed by atoms with van der Waals surface area (Å²) in [4.78, 5) is 11.7. The fourth-order valence-electron chi connectivity index (χ4n) is 1.41. The number of nitrogens with zero attached hydrogens (tertiary/aromatic N) is 2. The number of rotatable bonds is 5. The first-order valence-electron chi connectivity index (χ1n) is 5.32. The number of hydrogen-bond donors (Lipinski definition) is 1. The minimum Gasteiger partial charge on any atom is -0.383 e. The largest absolute Gasteiger partial charge is 0.408 e. The van der Waals surface area contributed by atoms with Gasteiger partial charge in [0.1, 0.15) is 11.0 Å². The lowest BCUT2D eigenvalue weighted by Crippen LogP contribution is -2.32. The van der Waals surface area contributed by atoms with Gasteiger partial charge >= 0.3 is 6.18 Å². The summed E-state index contributed by atoms with van der Waals surface area (Å²) < 4.78 is 41.9. The molecule has 0 aliphatic rings. The van der Waals surface area contributed by atoms with Crippen LogP contribution in [0.3, 0.4) is 0 Å². The molecule has 1 aromatic rings. The molecule has 0 amide bonds. The summed E-state index contributed by atoms with van der Waals surface area (Å²) in [5, 5.41) is 6.40. The Bertz CT molecular complexity index is 490. The van der Waals surface area contributed by atoms with Crippen molar-refractivity contribution >= 4 is 21.6 Å². The van der Waals surface area contributed by atoms with Gasteiger partial charge in [0.05, 0.1) is 18.5 Å². The van der Waals surface area contributed by atoms with Gasteiger partial charge < -0.3 is 10.1 Å². The Hall–Kier alpha value is -1.09. The molecule has 0 saturated heterocycles. The average Bonchev–Trinajstić information content (AvgIpc) is 2.28. The van der Waals surface area contributed by atoms with Crippen LogP contribution in [0, 0.1) is 0 Å². The van der Waals surface area contributed by atoms with Gasteiger partial charge in [-0.1, -0.05) is 0 Å². The summed E-state index contributed by atoms with van der Waals surface area (Å²) in [6, 6.07) is -0.110. The predicted molar refractivity (Wildman–Crippen MR) is 67.2 cm³/mol. The van der Waals surface area contributed by atoms with Gasteiger partial charge in [0.25, 0.3) is 5.56 Å². The minimum absolute atomic E-state index is 0.00898. The smallest absolute Gasteiger partial charge is 0.383 e. The van der Waals surface area contributed by atoms with E-state index >= 15 is 0 Å². The molecule has 9 heteroatoms. The summed E-state index contributed by atoms with van der Waals surface area (Å²) in [6.07, 6.45) is -3.32. The van der Waals surface area contributed by atoms with Crippen LogP contribution in [0.2, 0.25) is 0 Å². The molecule has 5 nitrogen and oxygen atoms in total. The van der Waals surface area contributed by atoms with Gasteiger partial charge in [0, 0.05) is 13.2 Å². The Morgan fingerprint density at radius 3 is 2.74 bits per heavy atom. The van der Waals surface area contributed by atoms with Crippen LogP contribution >= 0.6 is 15.9 Å². The maximum atomic E-state index is 12.2. The second-order valence-electron chi connectivity index (χ2n) is 3.95. The molecule has 1 heterocycles. The number of aromatic nitrogens is 2. The van der Waals surface area contributed by atoms with Crippen molar-refractivity contribution in [2.24, 2.45) is 0 Å². The SMILES string of the molecule is COCC(C)Nc1cnn(CC(F)(F)F)c(=O)c1Br. The number of methoxy groups -OCH3 is 1. The van der Waals surface area contributed by atoms with Crippen molar-refractivity contribution in [2.45, 2.75) is 25.7 Å². The number of halogens is 4. The summed E-state index contributed by atoms with van der Waals surface area (Å²) in [6.45, 7) is 0.771. The molecule has 0 aliphatic heterocycles. The van der Waals surface area contributed by atoms with Gasteiger partial charge in [-0.05, 0) is 22.9 Å². The molecule has 0 fully saturated rings. The van der Waals surface area contributed by atoms with Crippen LogP contribution in [0.5, 0.6) is 0 Å². The topological polar surface area (TPSA) is 56.1 Å². The van der Waals surface area contributed by atoms with Crippen LogP contribution in [0.25, 0.3) is 0 Å². The van der Waals surface area contributed by atoms with Crippen molar-refractivity contribution in [2.75, 3.05) is 19.0 Å². The zero-order valence-corrected chi connectivity index (χ0v) is 11.9. The third-order valence-electron chi connectivity index (χ3n) is 2.13. The van der Waals surface area contributed by atoms with Crippen molar-refractivity contribution < 1.29 is 17.9 Å². The van der Waals surface area contributed by atoms with Gasteiger partial charge in [-0.3, -0.25) is 4.79 Å². The number of nitrogens with one attached hydrogen (secondary N) is 1. The summed E-state index contributed by atoms with van der Waals surface area (Å²) in [5.74, 6) is 0. The van der Waals surface area contributed by atoms with Crippen molar-refractivity contribution in [3.8, 4) is 0 Å². The van der Waals surface area contributed by atoms with Crippen molar-refractivity contribution in [3.05, 3.63) is 21.0 Å². The van der Waals surface area contributed by atoms with E-state index in [-0.39, 0.29) is 10.5 Å². The van der Waals surface area contributed by atoms with Crippen LogP contribution in [0.4, 0.5) is 18.9 Å². The monoisotopic (exact) mass is 343 g/mol. The molecule has 0 saturated carbocycles. The Balaban J connectivity index is 2.95. The highest BCUT2D eigenvalue weighted by Crippen LogP contribution is 2.20. The lowest BCUT2D eigenvalue weighted by Gasteiger charge is -2.16. The lowest BCUT2D eigenvalue weighted by atomic mass is 10.3. The first-order chi connectivity index (χ1) is 8.74. The Labute approximate surface area is 115 Å². The molecule has 108 valence electrons. The highest BCUT2D eigenvalue weighted by Gasteiger charge is 2.29. The second-order valence-corrected chi connectivity index (χ2v) is 4.74. The van der Waals surface area contributed by atoms with E-state index < -0.39 is 18.3 Å². The quantitative estimate of drug-likeness (QED) is 0.888. The first-order valence-corrected chi connectivity index (χ1v) is 6.11. The Morgan fingerprint density at radius 2 is 2.21 bits per heavy atom. The number of anilines is 1. The molecule has 1 rings (SSSR count). The molecule has 0 radical (unpaired) electrons. The van der Waals surface area contributed by atoms with Crippen LogP contribution < -0.4 is 10.9 Å². The van der Waals surface area contributed by atoms with E-state index in [1.165, 1.54) is 13.3 Å². The molecule has 0 spiro atoms. The molecular formula is C10H13BrF3N3O2. The number of alkyl halides is 3. The highest BCUT2D eigenvalue weighted by atomic mass is 79.9. The molecule has 0 bridgehead atoms. The van der Waals surface area contributed by atoms with Gasteiger partial charge in [0.2, 0.25) is 0 Å². The van der Waals surface area contributed by atoms with Crippen LogP contribution in [0.1, 0.15) is 6.92 Å². The fraction of sp³-hybridized carbons (Fsp3) is 0.600. The zero-order chi connectivity index (χ0) is 14.6. The van der Waals surface area contributed by atoms with Crippen LogP contribution in [-0.4, -0.2) is 35.7 Å². The molecule has 19 heavy (non-hydrogen) atoms. The predicted octanol–water partition coefficient (Wildman–Crippen LogP) is 2.01. The van der Waals surface area contributed by atoms with E-state index in [4.69, 9.17) is 4.74 Å². The standard InChI is InChI=1S/C10H13BrF3N3O2/c1-6(4-19-2)16-7-3-15-17(5-10(12,13)14)9(18)8(7)11/h3,6,16H,4-5H2,1-2H3. The molecule has 1 N–H and O–H groups in total. The van der Waals surface area contributed by atoms with E-state index in [1.807, 2.05) is 0 Å². The van der Waals surface area contributed by atoms with E-state index in [0.29, 0.717) is 17.0 Å². The summed E-state index contributed by atoms with van der Waals surface area (Å²) >= 11 is 2.97. The molecule has 1 aromatic heterocycles. The average molecular weight is 344 g/mol. The fourth-order valence-corrected chi connectivity index (χ4v) is 1.83. The maximum absolute atomic E-state index is 12.2. The first kappa shape index (κ1) is 16.0. The summed E-state index contributed by atoms with van der Waals surface area (Å²) in [5.41, 5.74) is -0.514. The van der Waals surface area contributed by atoms with Gasteiger partial charge in [-0.15, -0.1) is 0 Å². The lowest BCUT2D eigenvalue weighted by molar-refractivity contribution is -0.143. The second kappa shape index (κ2) is 6.38. The van der Waals surface area contributed by atoms with Crippen molar-refractivity contribution in [1.29, 1.82) is 0 Å². The third kappa shape index (κ3) is 4.83. The van der Waals surface area contributed by atoms with Gasteiger partial charge in [0.15, 0.2) is 0 Å². The molecule has 1 atom stereocenters. The zero-order valence-electron chi connectivity index (χ0n) is 10.3. The maximum Gasteiger partial charge on any atom is 0.408 e. The minimum atomic E-state index is -4.49. The van der Waals surface area contributed by atoms with Crippen LogP contribution in [0.15, 0.2) is 15.5 Å².